The van der Waals surface area contributed by atoms with E-state index < -0.39 is 5.60 Å². The van der Waals surface area contributed by atoms with E-state index in [2.05, 4.69) is 25.5 Å². The average Bonchev–Trinajstić information content (AvgIpc) is 3.18. The Morgan fingerprint density at radius 1 is 1.32 bits per heavy atom. The fraction of sp³-hybridized carbons (Fsp3) is 0.667. The first kappa shape index (κ1) is 13.9. The van der Waals surface area contributed by atoms with Crippen LogP contribution >= 0.6 is 0 Å². The number of aliphatic hydroxyl groups is 1. The second-order valence-electron chi connectivity index (χ2n) is 6.44. The normalized spacial score (nSPS) is 26.0. The van der Waals surface area contributed by atoms with Gasteiger partial charge in [0.15, 0.2) is 0 Å². The molecule has 0 radical (unpaired) electrons. The summed E-state index contributed by atoms with van der Waals surface area (Å²) in [4.78, 5) is 2.24. The van der Waals surface area contributed by atoms with E-state index in [0.29, 0.717) is 18.7 Å². The molecule has 0 bridgehead atoms. The molecule has 2 aliphatic rings. The van der Waals surface area contributed by atoms with Crippen molar-refractivity contribution >= 4 is 0 Å². The smallest absolute Gasteiger partial charge is 0.140 e. The minimum Gasteiger partial charge on any atom is -0.382 e. The molecule has 0 aromatic carbocycles. The second kappa shape index (κ2) is 5.48. The molecular formula is C15H21N5O2. The summed E-state index contributed by atoms with van der Waals surface area (Å²) >= 11 is 0. The molecule has 1 fully saturated rings. The predicted octanol–water partition coefficient (Wildman–Crippen LogP) is 1.16. The number of nitrogens with zero attached hydrogens (tertiary/aromatic N) is 4. The number of hydrogen-bond donors (Lipinski definition) is 2. The Hall–Kier alpha value is -1.73. The van der Waals surface area contributed by atoms with Crippen molar-refractivity contribution in [1.82, 2.24) is 25.5 Å². The van der Waals surface area contributed by atoms with E-state index in [4.69, 9.17) is 4.52 Å². The first-order valence-electron chi connectivity index (χ1n) is 8.02. The number of aromatic amines is 1. The topological polar surface area (TPSA) is 91.1 Å². The van der Waals surface area contributed by atoms with Crippen LogP contribution in [-0.2, 0) is 25.0 Å². The van der Waals surface area contributed by atoms with Crippen LogP contribution < -0.4 is 0 Å². The van der Waals surface area contributed by atoms with Crippen LogP contribution in [0.25, 0.3) is 0 Å². The van der Waals surface area contributed by atoms with Crippen molar-refractivity contribution in [1.29, 1.82) is 0 Å². The third kappa shape index (κ3) is 2.44. The third-order valence-electron chi connectivity index (χ3n) is 4.85. The standard InChI is InChI=1S/C15H21N5O2/c21-15(14-8-16-19-17-14)6-3-7-20(10-15)9-12-11-4-1-2-5-13(11)22-18-12/h8,21H,1-7,9-10H2,(H,16,17,19)/t15-/m0/s1. The minimum absolute atomic E-state index is 0.557. The van der Waals surface area contributed by atoms with Gasteiger partial charge >= 0.3 is 0 Å². The lowest BCUT2D eigenvalue weighted by Gasteiger charge is -2.37. The SMILES string of the molecule is O[C@@]1(c2cn[nH]n2)CCCN(Cc2noc3c2CCCC3)C1. The molecule has 0 spiro atoms. The van der Waals surface area contributed by atoms with Gasteiger partial charge in [-0.2, -0.15) is 15.4 Å². The van der Waals surface area contributed by atoms with Crippen LogP contribution in [0, 0.1) is 0 Å². The Balaban J connectivity index is 1.50. The summed E-state index contributed by atoms with van der Waals surface area (Å²) in [6.07, 6.45) is 7.74. The quantitative estimate of drug-likeness (QED) is 0.884. The maximum absolute atomic E-state index is 10.9. The van der Waals surface area contributed by atoms with Gasteiger partial charge in [-0.25, -0.2) is 0 Å². The molecule has 0 unspecified atom stereocenters. The van der Waals surface area contributed by atoms with Crippen LogP contribution in [0.4, 0.5) is 0 Å². The number of fused-ring (bicyclic) bond motifs is 1. The van der Waals surface area contributed by atoms with Crippen LogP contribution in [0.15, 0.2) is 10.7 Å². The summed E-state index contributed by atoms with van der Waals surface area (Å²) in [6, 6.07) is 0. The number of likely N-dealkylation sites (tertiary alicyclic amines) is 1. The molecule has 2 N–H and O–H groups in total. The molecule has 1 saturated heterocycles. The van der Waals surface area contributed by atoms with E-state index in [1.807, 2.05) is 0 Å². The molecular weight excluding hydrogens is 282 g/mol. The highest BCUT2D eigenvalue weighted by molar-refractivity contribution is 5.25. The summed E-state index contributed by atoms with van der Waals surface area (Å²) in [5.41, 5.74) is 2.04. The van der Waals surface area contributed by atoms with Gasteiger partial charge < -0.3 is 9.63 Å². The van der Waals surface area contributed by atoms with Crippen LogP contribution in [0.3, 0.4) is 0 Å². The van der Waals surface area contributed by atoms with Crippen LogP contribution in [-0.4, -0.2) is 43.7 Å². The highest BCUT2D eigenvalue weighted by Crippen LogP contribution is 2.31. The number of β-amino-alcohol motifs (C(OH)–C–C–N with tert-alkyl or cyclic N) is 1. The van der Waals surface area contributed by atoms with Crippen molar-refractivity contribution in [3.05, 3.63) is 28.9 Å². The minimum atomic E-state index is -0.922. The third-order valence-corrected chi connectivity index (χ3v) is 4.85. The lowest BCUT2D eigenvalue weighted by molar-refractivity contribution is -0.0419. The molecule has 4 rings (SSSR count). The summed E-state index contributed by atoms with van der Waals surface area (Å²) in [7, 11) is 0. The zero-order valence-electron chi connectivity index (χ0n) is 12.6. The van der Waals surface area contributed by atoms with Crippen LogP contribution in [0.5, 0.6) is 0 Å². The zero-order chi connectivity index (χ0) is 15.0. The Kier molecular flexibility index (Phi) is 3.46. The lowest BCUT2D eigenvalue weighted by Crippen LogP contribution is -2.46. The molecule has 118 valence electrons. The summed E-state index contributed by atoms with van der Waals surface area (Å²) < 4.78 is 5.49. The predicted molar refractivity (Wildman–Crippen MR) is 77.9 cm³/mol. The second-order valence-corrected chi connectivity index (χ2v) is 6.44. The van der Waals surface area contributed by atoms with Gasteiger partial charge in [-0.1, -0.05) is 5.16 Å². The zero-order valence-corrected chi connectivity index (χ0v) is 12.6. The number of rotatable bonds is 3. The van der Waals surface area contributed by atoms with Gasteiger partial charge in [0, 0.05) is 25.1 Å². The summed E-state index contributed by atoms with van der Waals surface area (Å²) in [5, 5.41) is 25.6. The van der Waals surface area contributed by atoms with E-state index in [9.17, 15) is 5.11 Å². The van der Waals surface area contributed by atoms with Crippen LogP contribution in [0.1, 0.15) is 48.4 Å². The van der Waals surface area contributed by atoms with E-state index >= 15 is 0 Å². The average molecular weight is 303 g/mol. The molecule has 1 atom stereocenters. The molecule has 22 heavy (non-hydrogen) atoms. The highest BCUT2D eigenvalue weighted by Gasteiger charge is 2.37. The maximum atomic E-state index is 10.9. The van der Waals surface area contributed by atoms with Gasteiger partial charge in [0.05, 0.1) is 6.20 Å². The molecule has 1 aliphatic carbocycles. The van der Waals surface area contributed by atoms with Gasteiger partial charge in [-0.05, 0) is 38.6 Å². The number of piperidine rings is 1. The fourth-order valence-corrected chi connectivity index (χ4v) is 3.68. The molecule has 0 amide bonds. The van der Waals surface area contributed by atoms with E-state index in [-0.39, 0.29) is 0 Å². The Bertz CT molecular complexity index is 638. The van der Waals surface area contributed by atoms with Gasteiger partial charge in [-0.15, -0.1) is 0 Å². The molecule has 7 nitrogen and oxygen atoms in total. The van der Waals surface area contributed by atoms with Gasteiger partial charge in [0.2, 0.25) is 0 Å². The van der Waals surface area contributed by atoms with Gasteiger partial charge in [0.1, 0.15) is 22.7 Å². The Morgan fingerprint density at radius 2 is 2.23 bits per heavy atom. The van der Waals surface area contributed by atoms with E-state index in [1.165, 1.54) is 18.4 Å². The van der Waals surface area contributed by atoms with Crippen molar-refractivity contribution in [2.45, 2.75) is 50.7 Å². The fourth-order valence-electron chi connectivity index (χ4n) is 3.68. The molecule has 0 saturated carbocycles. The Morgan fingerprint density at radius 3 is 3.09 bits per heavy atom. The van der Waals surface area contributed by atoms with Crippen molar-refractivity contribution in [3.8, 4) is 0 Å². The number of aromatic nitrogens is 4. The molecule has 3 heterocycles. The first-order valence-corrected chi connectivity index (χ1v) is 8.02. The Labute approximate surface area is 128 Å². The number of H-pyrrole nitrogens is 1. The van der Waals surface area contributed by atoms with E-state index in [0.717, 1.165) is 43.8 Å². The van der Waals surface area contributed by atoms with Crippen LogP contribution in [0.2, 0.25) is 0 Å². The molecule has 2 aromatic heterocycles. The highest BCUT2D eigenvalue weighted by atomic mass is 16.5. The molecule has 7 heteroatoms. The number of nitrogens with one attached hydrogen (secondary N) is 1. The number of aryl methyl sites for hydroxylation is 1. The monoisotopic (exact) mass is 303 g/mol. The van der Waals surface area contributed by atoms with Gasteiger partial charge in [-0.3, -0.25) is 4.90 Å². The van der Waals surface area contributed by atoms with Crippen molar-refractivity contribution < 1.29 is 9.63 Å². The lowest BCUT2D eigenvalue weighted by atomic mass is 9.89. The largest absolute Gasteiger partial charge is 0.382 e. The number of hydrogen-bond acceptors (Lipinski definition) is 6. The van der Waals surface area contributed by atoms with Gasteiger partial charge in [0.25, 0.3) is 0 Å². The molecule has 1 aliphatic heterocycles. The van der Waals surface area contributed by atoms with E-state index in [1.54, 1.807) is 6.20 Å². The van der Waals surface area contributed by atoms with Crippen molar-refractivity contribution in [2.24, 2.45) is 0 Å². The summed E-state index contributed by atoms with van der Waals surface area (Å²) in [6.45, 7) is 2.25. The molecule has 2 aromatic rings. The van der Waals surface area contributed by atoms with Crippen molar-refractivity contribution in [3.63, 3.8) is 0 Å². The maximum Gasteiger partial charge on any atom is 0.140 e. The summed E-state index contributed by atoms with van der Waals surface area (Å²) in [5.74, 6) is 1.06. The first-order chi connectivity index (χ1) is 10.7. The van der Waals surface area contributed by atoms with Crippen molar-refractivity contribution in [2.75, 3.05) is 13.1 Å².